The number of benzene rings is 2. The van der Waals surface area contributed by atoms with E-state index in [2.05, 4.69) is 59.0 Å². The predicted molar refractivity (Wildman–Crippen MR) is 151 cm³/mol. The minimum atomic E-state index is -1.88. The molecule has 0 spiro atoms. The number of hydrogen-bond donors (Lipinski definition) is 0. The van der Waals surface area contributed by atoms with Crippen LogP contribution >= 0.6 is 0 Å². The average molecular weight is 523 g/mol. The average Bonchev–Trinajstić information content (AvgIpc) is 3.08. The van der Waals surface area contributed by atoms with Gasteiger partial charge in [0.2, 0.25) is 8.32 Å². The SMILES string of the molecule is Cc1ccc(S(=O)C2CC3C4CCc5cc(O[Si](C)(C)C(C)(C)C)ccc5C4CC[C@]3(C)C2=O)cc1. The van der Waals surface area contributed by atoms with Gasteiger partial charge < -0.3 is 4.43 Å². The van der Waals surface area contributed by atoms with Gasteiger partial charge in [-0.1, -0.05) is 51.5 Å². The highest BCUT2D eigenvalue weighted by atomic mass is 32.2. The van der Waals surface area contributed by atoms with Crippen molar-refractivity contribution in [3.8, 4) is 5.75 Å². The Bertz CT molecular complexity index is 1200. The molecule has 3 aliphatic carbocycles. The molecule has 0 amide bonds. The Morgan fingerprint density at radius 2 is 1.75 bits per heavy atom. The van der Waals surface area contributed by atoms with Gasteiger partial charge in [0, 0.05) is 10.3 Å². The molecule has 3 nitrogen and oxygen atoms in total. The number of aryl methyl sites for hydroxylation is 2. The molecule has 0 aliphatic heterocycles. The molecule has 0 saturated heterocycles. The third kappa shape index (κ3) is 4.24. The molecular weight excluding hydrogens is 480 g/mol. The summed E-state index contributed by atoms with van der Waals surface area (Å²) in [5.41, 5.74) is 3.71. The van der Waals surface area contributed by atoms with E-state index >= 15 is 0 Å². The molecule has 36 heavy (non-hydrogen) atoms. The second-order valence-corrected chi connectivity index (χ2v) is 19.7. The van der Waals surface area contributed by atoms with Crippen molar-refractivity contribution in [1.29, 1.82) is 0 Å². The highest BCUT2D eigenvalue weighted by Crippen LogP contribution is 2.60. The maximum Gasteiger partial charge on any atom is 0.250 e. The Hall–Kier alpha value is -1.72. The van der Waals surface area contributed by atoms with E-state index in [1.54, 1.807) is 0 Å². The quantitative estimate of drug-likeness (QED) is 0.389. The summed E-state index contributed by atoms with van der Waals surface area (Å²) in [6.45, 7) is 15.7. The Balaban J connectivity index is 1.38. The zero-order chi connectivity index (χ0) is 26.0. The van der Waals surface area contributed by atoms with E-state index in [-0.39, 0.29) is 21.5 Å². The summed E-state index contributed by atoms with van der Waals surface area (Å²) in [5, 5.41) is -0.199. The van der Waals surface area contributed by atoms with Crippen molar-refractivity contribution in [2.45, 2.75) is 101 Å². The summed E-state index contributed by atoms with van der Waals surface area (Å²) in [5.74, 6) is 2.57. The van der Waals surface area contributed by atoms with Crippen LogP contribution in [0.15, 0.2) is 47.4 Å². The zero-order valence-electron chi connectivity index (χ0n) is 23.0. The molecule has 5 unspecified atom stereocenters. The number of ketones is 1. The molecule has 0 aromatic heterocycles. The maximum atomic E-state index is 13.7. The van der Waals surface area contributed by atoms with Crippen LogP contribution in [-0.4, -0.2) is 23.6 Å². The fourth-order valence-corrected chi connectivity index (χ4v) is 9.46. The highest BCUT2D eigenvalue weighted by molar-refractivity contribution is 7.86. The first-order valence-corrected chi connectivity index (χ1v) is 17.8. The summed E-state index contributed by atoms with van der Waals surface area (Å²) in [7, 11) is -3.16. The van der Waals surface area contributed by atoms with Crippen LogP contribution in [0.5, 0.6) is 5.75 Å². The molecular formula is C31H42O3SSi. The monoisotopic (exact) mass is 522 g/mol. The molecule has 0 heterocycles. The van der Waals surface area contributed by atoms with Crippen molar-refractivity contribution in [2.75, 3.05) is 0 Å². The molecule has 2 fully saturated rings. The normalized spacial score (nSPS) is 30.8. The minimum Gasteiger partial charge on any atom is -0.543 e. The van der Waals surface area contributed by atoms with Gasteiger partial charge in [0.15, 0.2) is 5.78 Å². The van der Waals surface area contributed by atoms with Gasteiger partial charge in [-0.15, -0.1) is 0 Å². The molecule has 6 atom stereocenters. The molecule has 194 valence electrons. The lowest BCUT2D eigenvalue weighted by Gasteiger charge is -2.48. The lowest BCUT2D eigenvalue weighted by molar-refractivity contribution is -0.129. The third-order valence-corrected chi connectivity index (χ3v) is 16.1. The van der Waals surface area contributed by atoms with E-state index in [1.165, 1.54) is 11.1 Å². The summed E-state index contributed by atoms with van der Waals surface area (Å²) in [6.07, 6.45) is 4.86. The molecule has 5 rings (SSSR count). The molecule has 2 aromatic rings. The van der Waals surface area contributed by atoms with Crippen LogP contribution in [0.4, 0.5) is 0 Å². The van der Waals surface area contributed by atoms with Gasteiger partial charge in [-0.25, -0.2) is 0 Å². The second-order valence-electron chi connectivity index (χ2n) is 13.3. The van der Waals surface area contributed by atoms with Gasteiger partial charge in [0.05, 0.1) is 16.0 Å². The van der Waals surface area contributed by atoms with Crippen LogP contribution in [0.1, 0.15) is 76.0 Å². The Morgan fingerprint density at radius 1 is 1.06 bits per heavy atom. The molecule has 0 N–H and O–H groups in total. The van der Waals surface area contributed by atoms with E-state index < -0.39 is 19.1 Å². The first-order chi connectivity index (χ1) is 16.8. The van der Waals surface area contributed by atoms with Crippen LogP contribution < -0.4 is 4.43 Å². The summed E-state index contributed by atoms with van der Waals surface area (Å²) in [6, 6.07) is 14.7. The van der Waals surface area contributed by atoms with E-state index in [0.717, 1.165) is 48.3 Å². The van der Waals surface area contributed by atoms with E-state index in [1.807, 2.05) is 31.2 Å². The van der Waals surface area contributed by atoms with E-state index in [0.29, 0.717) is 17.8 Å². The summed E-state index contributed by atoms with van der Waals surface area (Å²) in [4.78, 5) is 14.5. The Kier molecular flexibility index (Phi) is 6.43. The van der Waals surface area contributed by atoms with Gasteiger partial charge in [0.1, 0.15) is 5.75 Å². The van der Waals surface area contributed by atoms with Crippen LogP contribution in [0.3, 0.4) is 0 Å². The summed E-state index contributed by atoms with van der Waals surface area (Å²) >= 11 is 0. The van der Waals surface area contributed by atoms with Crippen molar-refractivity contribution in [1.82, 2.24) is 0 Å². The van der Waals surface area contributed by atoms with Gasteiger partial charge in [0.25, 0.3) is 0 Å². The van der Waals surface area contributed by atoms with Crippen LogP contribution in [0.25, 0.3) is 0 Å². The van der Waals surface area contributed by atoms with Crippen molar-refractivity contribution < 1.29 is 13.4 Å². The number of carbonyl (C=O) groups excluding carboxylic acids is 1. The predicted octanol–water partition coefficient (Wildman–Crippen LogP) is 7.59. The molecule has 0 radical (unpaired) electrons. The lowest BCUT2D eigenvalue weighted by Crippen LogP contribution is -2.44. The first kappa shape index (κ1) is 25.9. The van der Waals surface area contributed by atoms with E-state index in [9.17, 15) is 9.00 Å². The number of fused-ring (bicyclic) bond motifs is 5. The van der Waals surface area contributed by atoms with Crippen LogP contribution in [0, 0.1) is 24.2 Å². The molecule has 0 bridgehead atoms. The fraction of sp³-hybridized carbons (Fsp3) is 0.581. The van der Waals surface area contributed by atoms with Crippen molar-refractivity contribution in [2.24, 2.45) is 17.3 Å². The molecule has 2 saturated carbocycles. The minimum absolute atomic E-state index is 0.173. The van der Waals surface area contributed by atoms with Gasteiger partial charge >= 0.3 is 0 Å². The summed E-state index contributed by atoms with van der Waals surface area (Å²) < 4.78 is 20.1. The molecule has 2 aromatic carbocycles. The van der Waals surface area contributed by atoms with Crippen molar-refractivity contribution in [3.05, 3.63) is 59.2 Å². The highest BCUT2D eigenvalue weighted by Gasteiger charge is 2.59. The fourth-order valence-electron chi connectivity index (χ4n) is 6.86. The topological polar surface area (TPSA) is 43.4 Å². The third-order valence-electron chi connectivity index (χ3n) is 10.1. The number of carbonyl (C=O) groups is 1. The van der Waals surface area contributed by atoms with Crippen molar-refractivity contribution >= 4 is 24.9 Å². The first-order valence-electron chi connectivity index (χ1n) is 13.7. The Labute approximate surface area is 221 Å². The smallest absolute Gasteiger partial charge is 0.250 e. The number of rotatable bonds is 4. The maximum absolute atomic E-state index is 13.7. The van der Waals surface area contributed by atoms with E-state index in [4.69, 9.17) is 4.43 Å². The van der Waals surface area contributed by atoms with Gasteiger partial charge in [-0.05, 0) is 110 Å². The second kappa shape index (κ2) is 8.94. The van der Waals surface area contributed by atoms with Crippen LogP contribution in [0.2, 0.25) is 18.1 Å². The zero-order valence-corrected chi connectivity index (χ0v) is 24.8. The van der Waals surface area contributed by atoms with Crippen molar-refractivity contribution in [3.63, 3.8) is 0 Å². The van der Waals surface area contributed by atoms with Gasteiger partial charge in [-0.3, -0.25) is 9.00 Å². The largest absolute Gasteiger partial charge is 0.543 e. The molecule has 5 heteroatoms. The number of Topliss-reactive ketones (excluding diaryl/α,β-unsaturated/α-hetero) is 1. The number of hydrogen-bond acceptors (Lipinski definition) is 3. The van der Waals surface area contributed by atoms with Crippen LogP contribution in [-0.2, 0) is 22.0 Å². The Morgan fingerprint density at radius 3 is 2.42 bits per heavy atom. The molecule has 3 aliphatic rings. The van der Waals surface area contributed by atoms with Gasteiger partial charge in [-0.2, -0.15) is 0 Å². The lowest BCUT2D eigenvalue weighted by atomic mass is 9.55. The standard InChI is InChI=1S/C31H42O3SSi/c1-20-8-12-23(13-9-20)35(33)28-19-27-26-14-10-21-18-22(34-36(6,7)30(2,3)4)11-15-24(21)25(26)16-17-31(27,5)29(28)32/h8-9,11-13,15,18,25-28H,10,14,16-17,19H2,1-7H3/t25?,26?,27?,28?,31-,35?/m0/s1.